The fourth-order valence-corrected chi connectivity index (χ4v) is 3.98. The van der Waals surface area contributed by atoms with E-state index < -0.39 is 0 Å². The minimum Gasteiger partial charge on any atom is -0.351 e. The van der Waals surface area contributed by atoms with Crippen LogP contribution in [0.4, 0.5) is 0 Å². The van der Waals surface area contributed by atoms with Crippen molar-refractivity contribution < 1.29 is 4.79 Å². The first-order chi connectivity index (χ1) is 12.5. The van der Waals surface area contributed by atoms with Gasteiger partial charge in [-0.3, -0.25) is 9.59 Å². The molecule has 1 amide bonds. The van der Waals surface area contributed by atoms with Crippen LogP contribution in [-0.4, -0.2) is 32.0 Å². The van der Waals surface area contributed by atoms with Crippen LogP contribution in [0, 0.1) is 6.92 Å². The molecule has 4 rings (SSSR count). The average Bonchev–Trinajstić information content (AvgIpc) is 3.19. The van der Waals surface area contributed by atoms with E-state index in [-0.39, 0.29) is 11.5 Å². The van der Waals surface area contributed by atoms with E-state index >= 15 is 0 Å². The third-order valence-electron chi connectivity index (χ3n) is 4.30. The summed E-state index contributed by atoms with van der Waals surface area (Å²) in [5.74, 6) is 0.638. The maximum absolute atomic E-state index is 12.5. The monoisotopic (exact) mass is 367 g/mol. The van der Waals surface area contributed by atoms with Crippen molar-refractivity contribution in [3.8, 4) is 0 Å². The lowest BCUT2D eigenvalue weighted by molar-refractivity contribution is 0.0957. The molecule has 7 nitrogen and oxygen atoms in total. The van der Waals surface area contributed by atoms with Crippen LogP contribution in [-0.2, 0) is 13.5 Å². The standard InChI is InChI=1S/C18H17N5O2S/c1-10-14-17(20-9-23(2)18(14)25)26-15(10)16(24)19-8-7-13-21-11-5-3-4-6-12(11)22-13/h3-6,9H,7-8H2,1-2H3,(H,19,24)(H,21,22). The van der Waals surface area contributed by atoms with Gasteiger partial charge in [-0.1, -0.05) is 12.1 Å². The molecular weight excluding hydrogens is 350 g/mol. The molecule has 3 heterocycles. The Kier molecular flexibility index (Phi) is 4.04. The molecule has 0 aliphatic carbocycles. The second-order valence-electron chi connectivity index (χ2n) is 6.10. The fourth-order valence-electron chi connectivity index (χ4n) is 2.92. The summed E-state index contributed by atoms with van der Waals surface area (Å²) in [7, 11) is 1.65. The van der Waals surface area contributed by atoms with Gasteiger partial charge in [-0.25, -0.2) is 9.97 Å². The van der Waals surface area contributed by atoms with Crippen LogP contribution < -0.4 is 10.9 Å². The lowest BCUT2D eigenvalue weighted by atomic mass is 10.2. The number of hydrogen-bond acceptors (Lipinski definition) is 5. The van der Waals surface area contributed by atoms with Gasteiger partial charge in [0, 0.05) is 20.0 Å². The number of rotatable bonds is 4. The molecule has 26 heavy (non-hydrogen) atoms. The van der Waals surface area contributed by atoms with Gasteiger partial charge < -0.3 is 14.9 Å². The van der Waals surface area contributed by atoms with Gasteiger partial charge in [0.25, 0.3) is 11.5 Å². The van der Waals surface area contributed by atoms with Gasteiger partial charge >= 0.3 is 0 Å². The topological polar surface area (TPSA) is 92.7 Å². The van der Waals surface area contributed by atoms with E-state index in [2.05, 4.69) is 20.3 Å². The second-order valence-corrected chi connectivity index (χ2v) is 7.10. The number of fused-ring (bicyclic) bond motifs is 2. The molecule has 0 bridgehead atoms. The Hall–Kier alpha value is -3.00. The number of nitrogens with zero attached hydrogens (tertiary/aromatic N) is 3. The second kappa shape index (κ2) is 6.38. The van der Waals surface area contributed by atoms with Crippen molar-refractivity contribution in [2.45, 2.75) is 13.3 Å². The van der Waals surface area contributed by atoms with Crippen molar-refractivity contribution in [1.82, 2.24) is 24.8 Å². The summed E-state index contributed by atoms with van der Waals surface area (Å²) in [6, 6.07) is 7.81. The molecule has 0 atom stereocenters. The third-order valence-corrected chi connectivity index (χ3v) is 5.50. The van der Waals surface area contributed by atoms with Gasteiger partial charge in [0.05, 0.1) is 27.6 Å². The summed E-state index contributed by atoms with van der Waals surface area (Å²) >= 11 is 1.25. The van der Waals surface area contributed by atoms with Gasteiger partial charge in [0.1, 0.15) is 10.7 Å². The van der Waals surface area contributed by atoms with E-state index in [0.29, 0.717) is 33.6 Å². The van der Waals surface area contributed by atoms with Crippen LogP contribution in [0.25, 0.3) is 21.3 Å². The van der Waals surface area contributed by atoms with Crippen LogP contribution in [0.15, 0.2) is 35.4 Å². The highest BCUT2D eigenvalue weighted by Gasteiger charge is 2.18. The number of imidazole rings is 1. The van der Waals surface area contributed by atoms with Crippen LogP contribution >= 0.6 is 11.3 Å². The average molecular weight is 367 g/mol. The van der Waals surface area contributed by atoms with Gasteiger partial charge in [-0.05, 0) is 24.6 Å². The first-order valence-electron chi connectivity index (χ1n) is 8.21. The maximum atomic E-state index is 12.5. The zero-order valence-electron chi connectivity index (χ0n) is 14.4. The molecule has 0 aliphatic heterocycles. The van der Waals surface area contributed by atoms with Gasteiger partial charge in [-0.15, -0.1) is 11.3 Å². The molecule has 0 unspecified atom stereocenters. The molecule has 0 radical (unpaired) electrons. The van der Waals surface area contributed by atoms with Crippen molar-refractivity contribution in [2.75, 3.05) is 6.54 Å². The first-order valence-corrected chi connectivity index (χ1v) is 9.03. The van der Waals surface area contributed by atoms with E-state index in [4.69, 9.17) is 0 Å². The number of aromatic amines is 1. The third kappa shape index (κ3) is 2.78. The molecule has 0 aliphatic rings. The summed E-state index contributed by atoms with van der Waals surface area (Å²) in [4.78, 5) is 37.9. The van der Waals surface area contributed by atoms with Gasteiger partial charge in [-0.2, -0.15) is 0 Å². The highest BCUT2D eigenvalue weighted by molar-refractivity contribution is 7.20. The molecule has 0 saturated heterocycles. The van der Waals surface area contributed by atoms with Gasteiger partial charge in [0.2, 0.25) is 0 Å². The first kappa shape index (κ1) is 16.5. The van der Waals surface area contributed by atoms with E-state index in [9.17, 15) is 9.59 Å². The fraction of sp³-hybridized carbons (Fsp3) is 0.222. The molecule has 132 valence electrons. The number of carbonyl (C=O) groups excluding carboxylic acids is 1. The number of nitrogens with one attached hydrogen (secondary N) is 2. The lowest BCUT2D eigenvalue weighted by Gasteiger charge is -2.03. The van der Waals surface area contributed by atoms with Gasteiger partial charge in [0.15, 0.2) is 0 Å². The zero-order valence-corrected chi connectivity index (χ0v) is 15.2. The Labute approximate surface area is 152 Å². The Bertz CT molecular complexity index is 1150. The predicted molar refractivity (Wildman–Crippen MR) is 102 cm³/mol. The largest absolute Gasteiger partial charge is 0.351 e. The maximum Gasteiger partial charge on any atom is 0.262 e. The van der Waals surface area contributed by atoms with Crippen LogP contribution in [0.1, 0.15) is 21.1 Å². The number of aryl methyl sites for hydroxylation is 2. The zero-order chi connectivity index (χ0) is 18.3. The summed E-state index contributed by atoms with van der Waals surface area (Å²) in [5, 5.41) is 3.42. The van der Waals surface area contributed by atoms with E-state index in [0.717, 1.165) is 16.9 Å². The minimum absolute atomic E-state index is 0.134. The van der Waals surface area contributed by atoms with Crippen molar-refractivity contribution in [2.24, 2.45) is 7.05 Å². The van der Waals surface area contributed by atoms with E-state index in [1.54, 1.807) is 14.0 Å². The number of hydrogen-bond donors (Lipinski definition) is 2. The molecule has 4 aromatic rings. The molecule has 8 heteroatoms. The van der Waals surface area contributed by atoms with Crippen molar-refractivity contribution in [3.63, 3.8) is 0 Å². The normalized spacial score (nSPS) is 11.3. The van der Waals surface area contributed by atoms with Crippen LogP contribution in [0.3, 0.4) is 0 Å². The highest BCUT2D eigenvalue weighted by Crippen LogP contribution is 2.26. The summed E-state index contributed by atoms with van der Waals surface area (Å²) in [6.07, 6.45) is 2.08. The molecular formula is C18H17N5O2S. The smallest absolute Gasteiger partial charge is 0.262 e. The molecule has 0 fully saturated rings. The predicted octanol–water partition coefficient (Wildman–Crippen LogP) is 2.15. The van der Waals surface area contributed by atoms with E-state index in [1.165, 1.54) is 22.2 Å². The number of H-pyrrole nitrogens is 1. The highest BCUT2D eigenvalue weighted by atomic mass is 32.1. The number of thiophene rings is 1. The summed E-state index contributed by atoms with van der Waals surface area (Å²) in [6.45, 7) is 2.24. The minimum atomic E-state index is -0.191. The van der Waals surface area contributed by atoms with E-state index in [1.807, 2.05) is 24.3 Å². The number of aromatic nitrogens is 4. The summed E-state index contributed by atoms with van der Waals surface area (Å²) in [5.41, 5.74) is 2.44. The number of carbonyl (C=O) groups is 1. The lowest BCUT2D eigenvalue weighted by Crippen LogP contribution is -2.26. The Morgan fingerprint density at radius 3 is 2.96 bits per heavy atom. The molecule has 0 spiro atoms. The van der Waals surface area contributed by atoms with Crippen LogP contribution in [0.5, 0.6) is 0 Å². The number of benzene rings is 1. The Morgan fingerprint density at radius 2 is 2.15 bits per heavy atom. The van der Waals surface area contributed by atoms with Crippen molar-refractivity contribution in [1.29, 1.82) is 0 Å². The molecule has 3 aromatic heterocycles. The quantitative estimate of drug-likeness (QED) is 0.578. The molecule has 0 saturated carbocycles. The molecule has 1 aromatic carbocycles. The number of amides is 1. The SMILES string of the molecule is Cc1c(C(=O)NCCc2nc3ccccc3[nH]2)sc2ncn(C)c(=O)c12. The Morgan fingerprint density at radius 1 is 1.35 bits per heavy atom. The van der Waals surface area contributed by atoms with Crippen LogP contribution in [0.2, 0.25) is 0 Å². The van der Waals surface area contributed by atoms with Crippen molar-refractivity contribution in [3.05, 3.63) is 57.2 Å². The Balaban J connectivity index is 1.50. The summed E-state index contributed by atoms with van der Waals surface area (Å²) < 4.78 is 1.42. The van der Waals surface area contributed by atoms with Crippen molar-refractivity contribution >= 4 is 38.5 Å². The molecule has 2 N–H and O–H groups in total. The number of para-hydroxylation sites is 2.